The molecule has 1 heteroatoms. The van der Waals surface area contributed by atoms with Crippen LogP contribution in [-0.2, 0) is 0 Å². The van der Waals surface area contributed by atoms with Crippen LogP contribution in [0, 0.1) is 0 Å². The van der Waals surface area contributed by atoms with Crippen LogP contribution in [0.1, 0.15) is 13.8 Å². The molecule has 0 aliphatic carbocycles. The average molecular weight is 58.1 g/mol. The van der Waals surface area contributed by atoms with E-state index in [9.17, 15) is 0 Å². The fourth-order valence-electron chi connectivity index (χ4n) is 0. The minimum Gasteiger partial charge on any atom is -0.262 e. The molecule has 0 bridgehead atoms. The zero-order valence-corrected chi connectivity index (χ0v) is 3.08. The smallest absolute Gasteiger partial charge is 0.142 e. The third kappa shape index (κ3) is 6.88. The van der Waals surface area contributed by atoms with Gasteiger partial charge in [-0.25, -0.2) is 0 Å². The molecule has 0 atom stereocenters. The Labute approximate surface area is 26.2 Å². The molecule has 0 saturated heterocycles. The summed E-state index contributed by atoms with van der Waals surface area (Å²) in [6, 6.07) is 0. The molecule has 0 unspecified atom stereocenters. The van der Waals surface area contributed by atoms with E-state index >= 15 is 0 Å². The molecule has 0 aromatic rings. The van der Waals surface area contributed by atoms with Crippen LogP contribution in [0.15, 0.2) is 0 Å². The van der Waals surface area contributed by atoms with Gasteiger partial charge in [-0.05, 0) is 0 Å². The molecule has 0 amide bonds. The first-order chi connectivity index (χ1) is 1.73. The third-order valence-electron chi connectivity index (χ3n) is 0. The van der Waals surface area contributed by atoms with Crippen LogP contribution in [0.3, 0.4) is 0 Å². The third-order valence-corrected chi connectivity index (χ3v) is 0. The van der Waals surface area contributed by atoms with Crippen LogP contribution < -0.4 is 5.41 Å². The Kier molecular flexibility index (Phi) is 0.958. The normalized spacial score (nSPS) is 6.50. The van der Waals surface area contributed by atoms with Crippen molar-refractivity contribution in [3.63, 3.8) is 0 Å². The van der Waals surface area contributed by atoms with Gasteiger partial charge in [0.05, 0.1) is 0 Å². The van der Waals surface area contributed by atoms with Gasteiger partial charge in [-0.3, -0.25) is 5.41 Å². The van der Waals surface area contributed by atoms with E-state index in [1.54, 1.807) is 0 Å². The molecule has 0 fully saturated rings. The SMILES string of the molecule is CC(C)=[NH2+]. The highest BCUT2D eigenvalue weighted by Gasteiger charge is 1.64. The predicted molar refractivity (Wildman–Crippen MR) is 18.3 cm³/mol. The second kappa shape index (κ2) is 1.04. The standard InChI is InChI=1S/C3H7N/c1-3(2)4/h4H,1-2H3/p+1. The first-order valence-corrected chi connectivity index (χ1v) is 1.29. The molecular weight excluding hydrogens is 50.0 g/mol. The van der Waals surface area contributed by atoms with Crippen LogP contribution in [0.25, 0.3) is 0 Å². The maximum absolute atomic E-state index is 5.03. The molecule has 0 aliphatic rings. The van der Waals surface area contributed by atoms with Gasteiger partial charge in [0.1, 0.15) is 5.71 Å². The molecule has 4 heavy (non-hydrogen) atoms. The first-order valence-electron chi connectivity index (χ1n) is 1.29. The van der Waals surface area contributed by atoms with Crippen LogP contribution in [0.2, 0.25) is 0 Å². The highest BCUT2D eigenvalue weighted by Crippen LogP contribution is 1.43. The van der Waals surface area contributed by atoms with Crippen molar-refractivity contribution >= 4 is 5.71 Å². The van der Waals surface area contributed by atoms with Gasteiger partial charge in [-0.15, -0.1) is 0 Å². The van der Waals surface area contributed by atoms with E-state index in [4.69, 9.17) is 5.41 Å². The molecule has 1 nitrogen and oxygen atoms in total. The molecule has 0 saturated carbocycles. The summed E-state index contributed by atoms with van der Waals surface area (Å²) in [4.78, 5) is 0. The monoisotopic (exact) mass is 58.1 g/mol. The van der Waals surface area contributed by atoms with Gasteiger partial charge in [0.2, 0.25) is 0 Å². The van der Waals surface area contributed by atoms with Crippen molar-refractivity contribution in [1.29, 1.82) is 0 Å². The molecule has 0 rings (SSSR count). The van der Waals surface area contributed by atoms with E-state index in [2.05, 4.69) is 0 Å². The Bertz CT molecular complexity index is 26.3. The highest BCUT2D eigenvalue weighted by atomic mass is 14.3. The van der Waals surface area contributed by atoms with Crippen molar-refractivity contribution in [2.45, 2.75) is 13.8 Å². The lowest BCUT2D eigenvalue weighted by Gasteiger charge is -1.54. The van der Waals surface area contributed by atoms with Crippen molar-refractivity contribution in [2.75, 3.05) is 0 Å². The van der Waals surface area contributed by atoms with E-state index in [1.165, 1.54) is 0 Å². The first kappa shape index (κ1) is 3.67. The zero-order chi connectivity index (χ0) is 3.58. The van der Waals surface area contributed by atoms with Crippen molar-refractivity contribution < 1.29 is 5.41 Å². The molecule has 0 aromatic carbocycles. The van der Waals surface area contributed by atoms with Gasteiger partial charge < -0.3 is 0 Å². The molecule has 0 radical (unpaired) electrons. The summed E-state index contributed by atoms with van der Waals surface area (Å²) in [5.74, 6) is 0. The summed E-state index contributed by atoms with van der Waals surface area (Å²) < 4.78 is 0. The zero-order valence-electron chi connectivity index (χ0n) is 3.08. The lowest BCUT2D eigenvalue weighted by molar-refractivity contribution is -0.114. The van der Waals surface area contributed by atoms with Crippen molar-refractivity contribution in [1.82, 2.24) is 0 Å². The van der Waals surface area contributed by atoms with E-state index in [0.29, 0.717) is 0 Å². The summed E-state index contributed by atoms with van der Waals surface area (Å²) in [5.41, 5.74) is 0.917. The van der Waals surface area contributed by atoms with Crippen LogP contribution in [-0.4, -0.2) is 5.71 Å². The molecule has 0 aliphatic heterocycles. The van der Waals surface area contributed by atoms with Crippen molar-refractivity contribution in [2.24, 2.45) is 0 Å². The van der Waals surface area contributed by atoms with Crippen LogP contribution in [0.4, 0.5) is 0 Å². The minimum atomic E-state index is 0.917. The molecule has 0 heterocycles. The lowest BCUT2D eigenvalue weighted by Crippen LogP contribution is -2.34. The Morgan fingerprint density at radius 3 is 1.50 bits per heavy atom. The molecule has 0 aromatic heterocycles. The van der Waals surface area contributed by atoms with Crippen molar-refractivity contribution in [3.05, 3.63) is 0 Å². The summed E-state index contributed by atoms with van der Waals surface area (Å²) in [6.45, 7) is 3.72. The number of hydrogen-bond donors (Lipinski definition) is 1. The Hall–Kier alpha value is -0.330. The predicted octanol–water partition coefficient (Wildman–Crippen LogP) is -0.774. The summed E-state index contributed by atoms with van der Waals surface area (Å²) >= 11 is 0. The summed E-state index contributed by atoms with van der Waals surface area (Å²) in [6.07, 6.45) is 0. The van der Waals surface area contributed by atoms with Crippen LogP contribution >= 0.6 is 0 Å². The molecular formula is C3H8N+. The second-order valence-corrected chi connectivity index (χ2v) is 1.08. The molecule has 0 spiro atoms. The Morgan fingerprint density at radius 1 is 1.50 bits per heavy atom. The second-order valence-electron chi connectivity index (χ2n) is 1.08. The Morgan fingerprint density at radius 2 is 1.50 bits per heavy atom. The van der Waals surface area contributed by atoms with Gasteiger partial charge in [0.15, 0.2) is 0 Å². The maximum atomic E-state index is 5.03. The fourth-order valence-corrected chi connectivity index (χ4v) is 0. The number of hydrogen-bond acceptors (Lipinski definition) is 0. The lowest BCUT2D eigenvalue weighted by atomic mass is 10.5. The average Bonchev–Trinajstić information content (AvgIpc) is 0.811. The largest absolute Gasteiger partial charge is 0.262 e. The van der Waals surface area contributed by atoms with E-state index < -0.39 is 0 Å². The summed E-state index contributed by atoms with van der Waals surface area (Å²) in [7, 11) is 0. The number of nitrogens with two attached hydrogens (primary N) is 1. The Balaban J connectivity index is 2.80. The minimum absolute atomic E-state index is 0.917. The number of rotatable bonds is 0. The molecule has 24 valence electrons. The fraction of sp³-hybridized carbons (Fsp3) is 0.667. The van der Waals surface area contributed by atoms with E-state index in [1.807, 2.05) is 13.8 Å². The van der Waals surface area contributed by atoms with E-state index in [-0.39, 0.29) is 0 Å². The highest BCUT2D eigenvalue weighted by molar-refractivity contribution is 5.72. The van der Waals surface area contributed by atoms with Gasteiger partial charge in [-0.2, -0.15) is 0 Å². The van der Waals surface area contributed by atoms with Gasteiger partial charge in [-0.1, -0.05) is 0 Å². The maximum Gasteiger partial charge on any atom is 0.142 e. The van der Waals surface area contributed by atoms with E-state index in [0.717, 1.165) is 5.71 Å². The molecule has 2 N–H and O–H groups in total. The quantitative estimate of drug-likeness (QED) is 0.354. The topological polar surface area (TPSA) is 25.6 Å². The van der Waals surface area contributed by atoms with Gasteiger partial charge in [0.25, 0.3) is 0 Å². The van der Waals surface area contributed by atoms with Crippen molar-refractivity contribution in [3.8, 4) is 0 Å². The van der Waals surface area contributed by atoms with Gasteiger partial charge >= 0.3 is 0 Å². The van der Waals surface area contributed by atoms with Crippen LogP contribution in [0.5, 0.6) is 0 Å². The summed E-state index contributed by atoms with van der Waals surface area (Å²) in [5, 5.41) is 5.03. The van der Waals surface area contributed by atoms with Gasteiger partial charge in [0, 0.05) is 13.8 Å².